The van der Waals surface area contributed by atoms with Gasteiger partial charge in [0.15, 0.2) is 0 Å². The molecule has 0 saturated heterocycles. The van der Waals surface area contributed by atoms with Crippen molar-refractivity contribution in [3.8, 4) is 0 Å². The van der Waals surface area contributed by atoms with E-state index in [0.29, 0.717) is 24.2 Å². The van der Waals surface area contributed by atoms with E-state index < -0.39 is 11.9 Å². The number of hydrogen-bond acceptors (Lipinski definition) is 3. The molecule has 7 heteroatoms. The number of carbonyl (C=O) groups excluding carboxylic acids is 1. The van der Waals surface area contributed by atoms with Crippen LogP contribution in [-0.2, 0) is 4.79 Å². The molecule has 0 aliphatic heterocycles. The fourth-order valence-electron chi connectivity index (χ4n) is 2.83. The maximum absolute atomic E-state index is 12.1. The van der Waals surface area contributed by atoms with Crippen LogP contribution in [0.15, 0.2) is 0 Å². The number of H-pyrrole nitrogens is 1. The monoisotopic (exact) mass is 294 g/mol. The van der Waals surface area contributed by atoms with Gasteiger partial charge in [-0.2, -0.15) is 5.10 Å². The lowest BCUT2D eigenvalue weighted by atomic mass is 9.95. The third-order valence-corrected chi connectivity index (χ3v) is 4.02. The summed E-state index contributed by atoms with van der Waals surface area (Å²) in [7, 11) is 0. The maximum Gasteiger partial charge on any atom is 0.319 e. The third-order valence-electron chi connectivity index (χ3n) is 4.02. The van der Waals surface area contributed by atoms with Crippen LogP contribution in [0.3, 0.4) is 0 Å². The Hall–Kier alpha value is -2.05. The zero-order chi connectivity index (χ0) is 15.4. The Morgan fingerprint density at radius 2 is 1.95 bits per heavy atom. The summed E-state index contributed by atoms with van der Waals surface area (Å²) in [6.45, 7) is 3.62. The first-order valence-electron chi connectivity index (χ1n) is 7.31. The molecule has 2 amide bonds. The van der Waals surface area contributed by atoms with Crippen molar-refractivity contribution in [3.63, 3.8) is 0 Å². The van der Waals surface area contributed by atoms with Crippen LogP contribution in [0.4, 0.5) is 10.5 Å². The summed E-state index contributed by atoms with van der Waals surface area (Å²) in [5, 5.41) is 21.7. The third kappa shape index (κ3) is 3.74. The first-order valence-corrected chi connectivity index (χ1v) is 7.31. The first kappa shape index (κ1) is 15.3. The molecule has 1 aliphatic carbocycles. The van der Waals surface area contributed by atoms with Gasteiger partial charge in [-0.05, 0) is 26.7 Å². The number of rotatable bonds is 3. The lowest BCUT2D eigenvalue weighted by Gasteiger charge is -2.23. The molecular weight excluding hydrogens is 272 g/mol. The van der Waals surface area contributed by atoms with Gasteiger partial charge in [0.2, 0.25) is 0 Å². The molecule has 1 aliphatic rings. The number of nitrogens with one attached hydrogen (secondary N) is 3. The van der Waals surface area contributed by atoms with Gasteiger partial charge in [0.25, 0.3) is 0 Å². The highest BCUT2D eigenvalue weighted by molar-refractivity contribution is 5.91. The molecule has 21 heavy (non-hydrogen) atoms. The van der Waals surface area contributed by atoms with Gasteiger partial charge in [-0.1, -0.05) is 19.3 Å². The number of aromatic amines is 1. The minimum Gasteiger partial charge on any atom is -0.481 e. The molecule has 0 aromatic carbocycles. The Labute approximate surface area is 123 Å². The second kappa shape index (κ2) is 6.60. The van der Waals surface area contributed by atoms with E-state index in [9.17, 15) is 14.7 Å². The molecule has 1 heterocycles. The van der Waals surface area contributed by atoms with E-state index in [0.717, 1.165) is 25.0 Å². The van der Waals surface area contributed by atoms with E-state index in [1.165, 1.54) is 0 Å². The second-order valence-electron chi connectivity index (χ2n) is 5.60. The van der Waals surface area contributed by atoms with Crippen LogP contribution in [0.25, 0.3) is 0 Å². The molecule has 2 rings (SSSR count). The van der Waals surface area contributed by atoms with Crippen molar-refractivity contribution in [2.24, 2.45) is 5.92 Å². The standard InChI is InChI=1S/C14H22N4O3/c1-8-12(9(2)18-17-8)16-14(21)15-11-7-5-3-4-6-10(11)13(19)20/h10-11H,3-7H2,1-2H3,(H,17,18)(H,19,20)(H2,15,16,21). The number of carboxylic acid groups (broad SMARTS) is 1. The van der Waals surface area contributed by atoms with Crippen molar-refractivity contribution in [2.75, 3.05) is 5.32 Å². The van der Waals surface area contributed by atoms with Crippen LogP contribution in [0.1, 0.15) is 43.5 Å². The minimum absolute atomic E-state index is 0.322. The molecule has 1 saturated carbocycles. The summed E-state index contributed by atoms with van der Waals surface area (Å²) in [6, 6.07) is -0.696. The Bertz CT molecular complexity index is 507. The number of aromatic nitrogens is 2. The highest BCUT2D eigenvalue weighted by Gasteiger charge is 2.30. The molecule has 2 unspecified atom stereocenters. The largest absolute Gasteiger partial charge is 0.481 e. The van der Waals surface area contributed by atoms with E-state index in [1.807, 2.05) is 6.92 Å². The van der Waals surface area contributed by atoms with Gasteiger partial charge in [0.1, 0.15) is 0 Å². The number of amides is 2. The highest BCUT2D eigenvalue weighted by atomic mass is 16.4. The van der Waals surface area contributed by atoms with Crippen molar-refractivity contribution in [3.05, 3.63) is 11.4 Å². The predicted molar refractivity (Wildman–Crippen MR) is 78.2 cm³/mol. The smallest absolute Gasteiger partial charge is 0.319 e. The Morgan fingerprint density at radius 1 is 1.24 bits per heavy atom. The van der Waals surface area contributed by atoms with Gasteiger partial charge in [-0.15, -0.1) is 0 Å². The molecule has 0 radical (unpaired) electrons. The van der Waals surface area contributed by atoms with E-state index in [1.54, 1.807) is 6.92 Å². The first-order chi connectivity index (χ1) is 9.99. The van der Waals surface area contributed by atoms with Crippen LogP contribution in [0.2, 0.25) is 0 Å². The topological polar surface area (TPSA) is 107 Å². The second-order valence-corrected chi connectivity index (χ2v) is 5.60. The molecule has 0 spiro atoms. The summed E-state index contributed by atoms with van der Waals surface area (Å²) < 4.78 is 0. The number of aliphatic carboxylic acids is 1. The Morgan fingerprint density at radius 3 is 2.57 bits per heavy atom. The maximum atomic E-state index is 12.1. The SMILES string of the molecule is Cc1n[nH]c(C)c1NC(=O)NC1CCCCCC1C(=O)O. The van der Waals surface area contributed by atoms with E-state index in [-0.39, 0.29) is 12.1 Å². The van der Waals surface area contributed by atoms with Crippen molar-refractivity contribution in [2.45, 2.75) is 52.0 Å². The van der Waals surface area contributed by atoms with Crippen molar-refractivity contribution in [1.82, 2.24) is 15.5 Å². The fourth-order valence-corrected chi connectivity index (χ4v) is 2.83. The lowest BCUT2D eigenvalue weighted by Crippen LogP contribution is -2.44. The summed E-state index contributed by atoms with van der Waals surface area (Å²) in [5.41, 5.74) is 2.13. The number of carboxylic acids is 1. The number of nitrogens with zero attached hydrogens (tertiary/aromatic N) is 1. The zero-order valence-electron chi connectivity index (χ0n) is 12.4. The molecular formula is C14H22N4O3. The van der Waals surface area contributed by atoms with Crippen LogP contribution >= 0.6 is 0 Å². The summed E-state index contributed by atoms with van der Waals surface area (Å²) in [4.78, 5) is 23.4. The van der Waals surface area contributed by atoms with Gasteiger partial charge < -0.3 is 15.7 Å². The molecule has 2 atom stereocenters. The summed E-state index contributed by atoms with van der Waals surface area (Å²) in [5.74, 6) is -1.34. The summed E-state index contributed by atoms with van der Waals surface area (Å²) >= 11 is 0. The molecule has 1 fully saturated rings. The van der Waals surface area contributed by atoms with E-state index in [2.05, 4.69) is 20.8 Å². The average Bonchev–Trinajstić information content (AvgIpc) is 2.66. The van der Waals surface area contributed by atoms with Gasteiger partial charge in [0, 0.05) is 6.04 Å². The van der Waals surface area contributed by atoms with Gasteiger partial charge in [-0.3, -0.25) is 9.89 Å². The number of carbonyl (C=O) groups is 2. The lowest BCUT2D eigenvalue weighted by molar-refractivity contribution is -0.142. The molecule has 116 valence electrons. The van der Waals surface area contributed by atoms with Crippen LogP contribution in [-0.4, -0.2) is 33.3 Å². The van der Waals surface area contributed by atoms with E-state index in [4.69, 9.17) is 0 Å². The number of urea groups is 1. The number of anilines is 1. The van der Waals surface area contributed by atoms with Gasteiger partial charge in [-0.25, -0.2) is 4.79 Å². The molecule has 7 nitrogen and oxygen atoms in total. The van der Waals surface area contributed by atoms with Gasteiger partial charge in [0.05, 0.1) is 23.0 Å². The Kier molecular flexibility index (Phi) is 4.82. The van der Waals surface area contributed by atoms with Crippen molar-refractivity contribution in [1.29, 1.82) is 0 Å². The number of aryl methyl sites for hydroxylation is 2. The molecule has 4 N–H and O–H groups in total. The zero-order valence-corrected chi connectivity index (χ0v) is 12.4. The summed E-state index contributed by atoms with van der Waals surface area (Å²) in [6.07, 6.45) is 4.18. The van der Waals surface area contributed by atoms with Crippen molar-refractivity contribution < 1.29 is 14.7 Å². The predicted octanol–water partition coefficient (Wildman–Crippen LogP) is 2.18. The van der Waals surface area contributed by atoms with E-state index >= 15 is 0 Å². The highest BCUT2D eigenvalue weighted by Crippen LogP contribution is 2.24. The number of hydrogen-bond donors (Lipinski definition) is 4. The molecule has 1 aromatic heterocycles. The molecule has 1 aromatic rings. The van der Waals surface area contributed by atoms with Crippen LogP contribution in [0, 0.1) is 19.8 Å². The normalized spacial score (nSPS) is 22.4. The van der Waals surface area contributed by atoms with Crippen LogP contribution < -0.4 is 10.6 Å². The van der Waals surface area contributed by atoms with Crippen LogP contribution in [0.5, 0.6) is 0 Å². The fraction of sp³-hybridized carbons (Fsp3) is 0.643. The average molecular weight is 294 g/mol. The quantitative estimate of drug-likeness (QED) is 0.641. The van der Waals surface area contributed by atoms with Gasteiger partial charge >= 0.3 is 12.0 Å². The van der Waals surface area contributed by atoms with Crippen molar-refractivity contribution >= 4 is 17.7 Å². The minimum atomic E-state index is -0.835. The molecule has 0 bridgehead atoms. The Balaban J connectivity index is 2.01.